The lowest BCUT2D eigenvalue weighted by molar-refractivity contribution is 0.395. The summed E-state index contributed by atoms with van der Waals surface area (Å²) in [7, 11) is -6.01. The SMILES string of the molecule is C=Cc1cc(S(=O)(=O)OC)cc(S(=O)(=O)OC)c1. The van der Waals surface area contributed by atoms with Gasteiger partial charge in [0, 0.05) is 0 Å². The predicted octanol–water partition coefficient (Wildman–Crippen LogP) is 1.000. The predicted molar refractivity (Wildman–Crippen MR) is 64.9 cm³/mol. The van der Waals surface area contributed by atoms with Gasteiger partial charge in [0.1, 0.15) is 0 Å². The lowest BCUT2D eigenvalue weighted by Gasteiger charge is -2.07. The van der Waals surface area contributed by atoms with Crippen LogP contribution in [0.5, 0.6) is 0 Å². The van der Waals surface area contributed by atoms with E-state index >= 15 is 0 Å². The van der Waals surface area contributed by atoms with Crippen molar-refractivity contribution in [1.82, 2.24) is 0 Å². The van der Waals surface area contributed by atoms with Gasteiger partial charge >= 0.3 is 0 Å². The molecule has 1 aromatic carbocycles. The first kappa shape index (κ1) is 14.8. The van der Waals surface area contributed by atoms with Crippen LogP contribution in [0.4, 0.5) is 0 Å². The molecule has 0 unspecified atom stereocenters. The van der Waals surface area contributed by atoms with Gasteiger partial charge in [0.15, 0.2) is 0 Å². The maximum Gasteiger partial charge on any atom is 0.296 e. The molecule has 0 aliphatic heterocycles. The zero-order valence-electron chi connectivity index (χ0n) is 9.78. The highest BCUT2D eigenvalue weighted by Gasteiger charge is 2.20. The second-order valence-electron chi connectivity index (χ2n) is 3.18. The van der Waals surface area contributed by atoms with Crippen LogP contribution < -0.4 is 0 Å². The van der Waals surface area contributed by atoms with Crippen molar-refractivity contribution in [2.75, 3.05) is 14.2 Å². The van der Waals surface area contributed by atoms with Crippen molar-refractivity contribution in [3.63, 3.8) is 0 Å². The third kappa shape index (κ3) is 2.96. The Morgan fingerprint density at radius 1 is 0.944 bits per heavy atom. The Morgan fingerprint density at radius 3 is 1.61 bits per heavy atom. The van der Waals surface area contributed by atoms with Gasteiger partial charge in [0.2, 0.25) is 0 Å². The molecule has 0 saturated carbocycles. The normalized spacial score (nSPS) is 12.3. The van der Waals surface area contributed by atoms with Crippen LogP contribution >= 0.6 is 0 Å². The van der Waals surface area contributed by atoms with E-state index in [-0.39, 0.29) is 9.79 Å². The Labute approximate surface area is 106 Å². The smallest absolute Gasteiger partial charge is 0.270 e. The molecule has 0 N–H and O–H groups in total. The average Bonchev–Trinajstić information content (AvgIpc) is 2.38. The number of hydrogen-bond donors (Lipinski definition) is 0. The van der Waals surface area contributed by atoms with Gasteiger partial charge in [0.25, 0.3) is 20.2 Å². The summed E-state index contributed by atoms with van der Waals surface area (Å²) in [5.74, 6) is 0. The minimum absolute atomic E-state index is 0.280. The highest BCUT2D eigenvalue weighted by Crippen LogP contribution is 2.22. The molecule has 0 heterocycles. The summed E-state index contributed by atoms with van der Waals surface area (Å²) < 4.78 is 54.8. The van der Waals surface area contributed by atoms with Gasteiger partial charge in [-0.15, -0.1) is 0 Å². The lowest BCUT2D eigenvalue weighted by atomic mass is 10.2. The van der Waals surface area contributed by atoms with Crippen molar-refractivity contribution in [3.8, 4) is 0 Å². The van der Waals surface area contributed by atoms with Gasteiger partial charge in [0.05, 0.1) is 24.0 Å². The van der Waals surface area contributed by atoms with Crippen LogP contribution in [0.25, 0.3) is 6.08 Å². The van der Waals surface area contributed by atoms with Crippen LogP contribution in [-0.2, 0) is 28.6 Å². The molecule has 1 rings (SSSR count). The standard InChI is InChI=1S/C10H12O6S2/c1-4-8-5-9(17(11,12)15-2)7-10(6-8)18(13,14)16-3/h4-7H,1H2,2-3H3. The quantitative estimate of drug-likeness (QED) is 0.752. The fourth-order valence-electron chi connectivity index (χ4n) is 1.19. The second kappa shape index (κ2) is 5.19. The molecule has 100 valence electrons. The molecular formula is C10H12O6S2. The monoisotopic (exact) mass is 292 g/mol. The Bertz CT molecular complexity index is 605. The summed E-state index contributed by atoms with van der Waals surface area (Å²) in [5, 5.41) is 0. The first-order chi connectivity index (χ1) is 8.26. The highest BCUT2D eigenvalue weighted by atomic mass is 32.2. The van der Waals surface area contributed by atoms with E-state index in [1.165, 1.54) is 18.2 Å². The Morgan fingerprint density at radius 2 is 1.33 bits per heavy atom. The number of hydrogen-bond acceptors (Lipinski definition) is 6. The van der Waals surface area contributed by atoms with E-state index in [0.717, 1.165) is 20.3 Å². The molecule has 0 radical (unpaired) electrons. The molecule has 0 fully saturated rings. The van der Waals surface area contributed by atoms with E-state index in [4.69, 9.17) is 0 Å². The minimum Gasteiger partial charge on any atom is -0.270 e. The summed E-state index contributed by atoms with van der Waals surface area (Å²) in [6.45, 7) is 3.46. The third-order valence-corrected chi connectivity index (χ3v) is 4.66. The summed E-state index contributed by atoms with van der Waals surface area (Å²) in [6, 6.07) is 3.46. The zero-order chi connectivity index (χ0) is 14.0. The summed E-state index contributed by atoms with van der Waals surface area (Å²) in [5.41, 5.74) is 0.323. The van der Waals surface area contributed by atoms with Crippen LogP contribution in [0, 0.1) is 0 Å². The van der Waals surface area contributed by atoms with Gasteiger partial charge in [-0.1, -0.05) is 12.7 Å². The third-order valence-electron chi connectivity index (χ3n) is 2.15. The molecular weight excluding hydrogens is 280 g/mol. The van der Waals surface area contributed by atoms with E-state index in [1.54, 1.807) is 0 Å². The highest BCUT2D eigenvalue weighted by molar-refractivity contribution is 7.87. The molecule has 0 aliphatic rings. The van der Waals surface area contributed by atoms with Gasteiger partial charge in [-0.05, 0) is 23.8 Å². The topological polar surface area (TPSA) is 86.7 Å². The molecule has 1 aromatic rings. The molecule has 0 spiro atoms. The molecule has 8 heteroatoms. The van der Waals surface area contributed by atoms with Gasteiger partial charge in [-0.3, -0.25) is 8.37 Å². The van der Waals surface area contributed by atoms with E-state index in [1.807, 2.05) is 0 Å². The molecule has 6 nitrogen and oxygen atoms in total. The van der Waals surface area contributed by atoms with Crippen molar-refractivity contribution < 1.29 is 25.2 Å². The Balaban J connectivity index is 3.60. The fraction of sp³-hybridized carbons (Fsp3) is 0.200. The van der Waals surface area contributed by atoms with Gasteiger partial charge in [-0.25, -0.2) is 0 Å². The number of benzene rings is 1. The molecule has 0 bridgehead atoms. The maximum atomic E-state index is 11.5. The molecule has 0 saturated heterocycles. The Hall–Kier alpha value is -1.22. The fourth-order valence-corrected chi connectivity index (χ4v) is 2.76. The molecule has 0 aliphatic carbocycles. The molecule has 0 amide bonds. The largest absolute Gasteiger partial charge is 0.296 e. The van der Waals surface area contributed by atoms with Crippen LogP contribution in [0.3, 0.4) is 0 Å². The second-order valence-corrected chi connectivity index (χ2v) is 6.61. The zero-order valence-corrected chi connectivity index (χ0v) is 11.4. The van der Waals surface area contributed by atoms with Crippen LogP contribution in [-0.4, -0.2) is 31.1 Å². The first-order valence-electron chi connectivity index (χ1n) is 4.65. The maximum absolute atomic E-state index is 11.5. The van der Waals surface area contributed by atoms with Gasteiger partial charge in [-0.2, -0.15) is 16.8 Å². The van der Waals surface area contributed by atoms with E-state index in [9.17, 15) is 16.8 Å². The number of rotatable bonds is 5. The molecule has 0 aromatic heterocycles. The minimum atomic E-state index is -3.99. The van der Waals surface area contributed by atoms with Crippen LogP contribution in [0.15, 0.2) is 34.6 Å². The summed E-state index contributed by atoms with van der Waals surface area (Å²) >= 11 is 0. The van der Waals surface area contributed by atoms with Crippen molar-refractivity contribution in [2.24, 2.45) is 0 Å². The van der Waals surface area contributed by atoms with Gasteiger partial charge < -0.3 is 0 Å². The van der Waals surface area contributed by atoms with Crippen LogP contribution in [0.1, 0.15) is 5.56 Å². The van der Waals surface area contributed by atoms with Crippen molar-refractivity contribution >= 4 is 26.3 Å². The van der Waals surface area contributed by atoms with Crippen LogP contribution in [0.2, 0.25) is 0 Å². The first-order valence-corrected chi connectivity index (χ1v) is 7.47. The lowest BCUT2D eigenvalue weighted by Crippen LogP contribution is -2.08. The summed E-state index contributed by atoms with van der Waals surface area (Å²) in [4.78, 5) is -0.559. The van der Waals surface area contributed by atoms with E-state index < -0.39 is 20.2 Å². The average molecular weight is 292 g/mol. The van der Waals surface area contributed by atoms with Crippen molar-refractivity contribution in [1.29, 1.82) is 0 Å². The van der Waals surface area contributed by atoms with E-state index in [2.05, 4.69) is 14.9 Å². The molecule has 18 heavy (non-hydrogen) atoms. The van der Waals surface area contributed by atoms with Crippen molar-refractivity contribution in [3.05, 3.63) is 30.3 Å². The molecule has 0 atom stereocenters. The van der Waals surface area contributed by atoms with E-state index in [0.29, 0.717) is 5.56 Å². The summed E-state index contributed by atoms with van der Waals surface area (Å²) in [6.07, 6.45) is 1.32. The Kier molecular flexibility index (Phi) is 4.28. The van der Waals surface area contributed by atoms with Crippen molar-refractivity contribution in [2.45, 2.75) is 9.79 Å².